The van der Waals surface area contributed by atoms with Crippen molar-refractivity contribution in [2.75, 3.05) is 52.5 Å². The zero-order chi connectivity index (χ0) is 27.5. The first-order valence-corrected chi connectivity index (χ1v) is 14.4. The number of aliphatic hydroxyl groups is 1. The van der Waals surface area contributed by atoms with Crippen LogP contribution in [0, 0.1) is 0 Å². The van der Waals surface area contributed by atoms with Crippen LogP contribution in [0.2, 0.25) is 0 Å². The smallest absolute Gasteiger partial charge is 0.409 e. The summed E-state index contributed by atoms with van der Waals surface area (Å²) in [5, 5.41) is 12.2. The quantitative estimate of drug-likeness (QED) is 0.491. The Hall–Kier alpha value is -2.89. The number of rotatable bonds is 8. The molecular formula is C28H42N6O5. The number of aliphatic hydroxyl groups excluding tert-OH is 1. The van der Waals surface area contributed by atoms with Gasteiger partial charge < -0.3 is 20.1 Å². The normalized spacial score (nSPS) is 24.0. The summed E-state index contributed by atoms with van der Waals surface area (Å²) >= 11 is 0. The number of amides is 2. The Bertz CT molecular complexity index is 1200. The van der Waals surface area contributed by atoms with Crippen molar-refractivity contribution in [3.05, 3.63) is 34.7 Å². The summed E-state index contributed by atoms with van der Waals surface area (Å²) in [6.07, 6.45) is 4.44. The topological polar surface area (TPSA) is 112 Å². The Balaban J connectivity index is 1.10. The number of nitrogens with zero attached hydrogens (tertiary/aromatic N) is 5. The van der Waals surface area contributed by atoms with Gasteiger partial charge in [-0.15, -0.1) is 0 Å². The van der Waals surface area contributed by atoms with Crippen molar-refractivity contribution in [1.29, 1.82) is 0 Å². The average molecular weight is 543 g/mol. The van der Waals surface area contributed by atoms with Gasteiger partial charge in [-0.2, -0.15) is 0 Å². The second-order valence-corrected chi connectivity index (χ2v) is 11.3. The minimum atomic E-state index is -0.349. The summed E-state index contributed by atoms with van der Waals surface area (Å²) in [4.78, 5) is 45.3. The fraction of sp³-hybridized carbons (Fsp3) is 0.679. The van der Waals surface area contributed by atoms with Crippen LogP contribution >= 0.6 is 0 Å². The molecule has 1 aromatic carbocycles. The third-order valence-electron chi connectivity index (χ3n) is 8.54. The van der Waals surface area contributed by atoms with Gasteiger partial charge in [-0.05, 0) is 58.1 Å². The van der Waals surface area contributed by atoms with Crippen LogP contribution in [0.25, 0.3) is 11.0 Å². The lowest BCUT2D eigenvalue weighted by molar-refractivity contribution is 0.0638. The molecule has 0 aliphatic carbocycles. The molecule has 0 radical (unpaired) electrons. The number of ether oxygens (including phenoxy) is 1. The zero-order valence-corrected chi connectivity index (χ0v) is 23.1. The number of hydrogen-bond acceptors (Lipinski definition) is 7. The van der Waals surface area contributed by atoms with E-state index < -0.39 is 0 Å². The molecule has 0 unspecified atom stereocenters. The molecule has 0 spiro atoms. The molecule has 3 atom stereocenters. The molecule has 0 saturated carbocycles. The average Bonchev–Trinajstić information content (AvgIpc) is 3.35. The van der Waals surface area contributed by atoms with Gasteiger partial charge in [0.2, 0.25) is 0 Å². The highest BCUT2D eigenvalue weighted by Gasteiger charge is 2.41. The number of imidazole rings is 1. The number of carbonyl (C=O) groups excluding carboxylic acids is 2. The van der Waals surface area contributed by atoms with E-state index in [0.717, 1.165) is 57.3 Å². The molecule has 3 fully saturated rings. The Morgan fingerprint density at radius 1 is 1.03 bits per heavy atom. The van der Waals surface area contributed by atoms with Crippen molar-refractivity contribution in [3.63, 3.8) is 0 Å². The predicted molar refractivity (Wildman–Crippen MR) is 148 cm³/mol. The molecule has 39 heavy (non-hydrogen) atoms. The van der Waals surface area contributed by atoms with Gasteiger partial charge in [-0.1, -0.05) is 12.1 Å². The van der Waals surface area contributed by atoms with Gasteiger partial charge in [0.15, 0.2) is 0 Å². The monoisotopic (exact) mass is 542 g/mol. The number of β-amino-alcohol motifs (C(OH)–C–C–N with tert-alkyl or cyclic N) is 1. The van der Waals surface area contributed by atoms with Gasteiger partial charge >= 0.3 is 17.8 Å². The van der Waals surface area contributed by atoms with Crippen LogP contribution in [0.3, 0.4) is 0 Å². The lowest BCUT2D eigenvalue weighted by Crippen LogP contribution is -2.52. The Morgan fingerprint density at radius 3 is 2.33 bits per heavy atom. The first kappa shape index (κ1) is 27.7. The minimum absolute atomic E-state index is 0.0293. The molecule has 2 amide bonds. The molecule has 3 aliphatic rings. The van der Waals surface area contributed by atoms with Gasteiger partial charge in [-0.3, -0.25) is 14.4 Å². The number of para-hydroxylation sites is 2. The van der Waals surface area contributed by atoms with E-state index >= 15 is 0 Å². The number of aromatic nitrogens is 2. The number of carbonyl (C=O) groups is 2. The molecular weight excluding hydrogens is 500 g/mol. The maximum Gasteiger partial charge on any atom is 0.409 e. The number of hydrogen-bond donors (Lipinski definition) is 2. The zero-order valence-electron chi connectivity index (χ0n) is 23.1. The molecule has 3 saturated heterocycles. The fourth-order valence-corrected chi connectivity index (χ4v) is 6.66. The summed E-state index contributed by atoms with van der Waals surface area (Å²) in [7, 11) is 0. The number of benzene rings is 1. The van der Waals surface area contributed by atoms with Crippen LogP contribution in [-0.2, 0) is 4.74 Å². The van der Waals surface area contributed by atoms with Crippen LogP contribution in [0.5, 0.6) is 0 Å². The second-order valence-electron chi connectivity index (χ2n) is 11.3. The van der Waals surface area contributed by atoms with Crippen molar-refractivity contribution in [2.45, 2.75) is 70.1 Å². The molecule has 5 rings (SSSR count). The van der Waals surface area contributed by atoms with Gasteiger partial charge in [0, 0.05) is 63.4 Å². The third-order valence-corrected chi connectivity index (χ3v) is 8.54. The van der Waals surface area contributed by atoms with E-state index in [9.17, 15) is 14.4 Å². The van der Waals surface area contributed by atoms with E-state index in [4.69, 9.17) is 9.84 Å². The molecule has 2 aromatic rings. The molecule has 11 nitrogen and oxygen atoms in total. The van der Waals surface area contributed by atoms with Crippen LogP contribution in [0.1, 0.15) is 52.0 Å². The molecule has 3 aliphatic heterocycles. The van der Waals surface area contributed by atoms with E-state index in [1.54, 1.807) is 9.47 Å². The van der Waals surface area contributed by atoms with E-state index in [1.165, 1.54) is 4.57 Å². The summed E-state index contributed by atoms with van der Waals surface area (Å²) in [6.45, 7) is 8.74. The maximum atomic E-state index is 13.3. The second kappa shape index (κ2) is 12.1. The van der Waals surface area contributed by atoms with E-state index in [2.05, 4.69) is 15.1 Å². The molecule has 2 N–H and O–H groups in total. The SMILES string of the molecule is CC(C)n1c(=O)n(C(=O)N[C@@H]2C[C@H]3CC[C@@H](C2)N3CCCOC(=O)N2CCN(CCO)CC2)c2ccccc21. The summed E-state index contributed by atoms with van der Waals surface area (Å²) < 4.78 is 8.50. The largest absolute Gasteiger partial charge is 0.449 e. The lowest BCUT2D eigenvalue weighted by Gasteiger charge is -2.39. The van der Waals surface area contributed by atoms with Gasteiger partial charge in [0.05, 0.1) is 24.2 Å². The van der Waals surface area contributed by atoms with E-state index in [0.29, 0.717) is 43.8 Å². The van der Waals surface area contributed by atoms with Crippen LogP contribution in [-0.4, -0.2) is 112 Å². The van der Waals surface area contributed by atoms with Gasteiger partial charge in [0.1, 0.15) is 0 Å². The third kappa shape index (κ3) is 5.85. The van der Waals surface area contributed by atoms with E-state index in [1.807, 2.05) is 38.1 Å². The van der Waals surface area contributed by atoms with Gasteiger partial charge in [0.25, 0.3) is 0 Å². The number of fused-ring (bicyclic) bond motifs is 3. The maximum absolute atomic E-state index is 13.3. The van der Waals surface area contributed by atoms with Crippen LogP contribution < -0.4 is 11.0 Å². The summed E-state index contributed by atoms with van der Waals surface area (Å²) in [5.41, 5.74) is 1.11. The Labute approximate surface area is 229 Å². The Morgan fingerprint density at radius 2 is 1.69 bits per heavy atom. The van der Waals surface area contributed by atoms with Crippen molar-refractivity contribution >= 4 is 23.2 Å². The van der Waals surface area contributed by atoms with Crippen LogP contribution in [0.4, 0.5) is 9.59 Å². The number of nitrogens with one attached hydrogen (secondary N) is 1. The highest BCUT2D eigenvalue weighted by molar-refractivity contribution is 5.89. The number of piperidine rings is 1. The summed E-state index contributed by atoms with van der Waals surface area (Å²) in [5.74, 6) is 0. The first-order valence-electron chi connectivity index (χ1n) is 14.4. The van der Waals surface area contributed by atoms with Crippen molar-refractivity contribution in [3.8, 4) is 0 Å². The van der Waals surface area contributed by atoms with Crippen molar-refractivity contribution in [2.24, 2.45) is 0 Å². The molecule has 1 aromatic heterocycles. The van der Waals surface area contributed by atoms with Crippen LogP contribution in [0.15, 0.2) is 29.1 Å². The Kier molecular flexibility index (Phi) is 8.58. The van der Waals surface area contributed by atoms with Crippen molar-refractivity contribution < 1.29 is 19.4 Å². The fourth-order valence-electron chi connectivity index (χ4n) is 6.66. The van der Waals surface area contributed by atoms with E-state index in [-0.39, 0.29) is 36.5 Å². The molecule has 4 heterocycles. The summed E-state index contributed by atoms with van der Waals surface area (Å²) in [6, 6.07) is 7.86. The molecule has 11 heteroatoms. The highest BCUT2D eigenvalue weighted by Crippen LogP contribution is 2.35. The lowest BCUT2D eigenvalue weighted by atomic mass is 9.97. The minimum Gasteiger partial charge on any atom is -0.449 e. The first-order chi connectivity index (χ1) is 18.9. The highest BCUT2D eigenvalue weighted by atomic mass is 16.6. The predicted octanol–water partition coefficient (Wildman–Crippen LogP) is 2.07. The molecule has 214 valence electrons. The number of piperazine rings is 1. The molecule has 2 bridgehead atoms. The van der Waals surface area contributed by atoms with Gasteiger partial charge in [-0.25, -0.2) is 19.0 Å². The standard InChI is InChI=1S/C28H42N6O5/c1-20(2)33-24-6-3-4-7-25(24)34(27(33)37)26(36)29-21-18-22-8-9-23(19-21)32(22)10-5-17-39-28(38)31-13-11-30(12-14-31)15-16-35/h3-4,6-7,20-23,35H,5,8-19H2,1-2H3,(H,29,36)/t21-,22-,23+. The van der Waals surface area contributed by atoms with Crippen molar-refractivity contribution in [1.82, 2.24) is 29.2 Å².